The Labute approximate surface area is 72.8 Å². The van der Waals surface area contributed by atoms with Crippen LogP contribution in [0.15, 0.2) is 0 Å². The molecule has 0 spiro atoms. The Balaban J connectivity index is 2.35. The summed E-state index contributed by atoms with van der Waals surface area (Å²) in [6, 6.07) is 0.471. The third-order valence-electron chi connectivity index (χ3n) is 1.82. The van der Waals surface area contributed by atoms with Crippen molar-refractivity contribution in [2.75, 3.05) is 0 Å². The van der Waals surface area contributed by atoms with Crippen LogP contribution in [0.2, 0.25) is 9.63 Å². The van der Waals surface area contributed by atoms with Gasteiger partial charge in [0.05, 0.1) is 0 Å². The first-order valence-corrected chi connectivity index (χ1v) is 5.48. The second-order valence-corrected chi connectivity index (χ2v) is 5.49. The number of hydrogen-bond donors (Lipinski definition) is 1. The normalized spacial score (nSPS) is 45.0. The van der Waals surface area contributed by atoms with E-state index in [1.54, 1.807) is 0 Å². The standard InChI is InChI=1S/C6H13NSe2/c7-4-1-2-5(8)6(9)3-4/h4-6,8-9H,1-3,7H2. The summed E-state index contributed by atoms with van der Waals surface area (Å²) < 4.78 is 0. The predicted molar refractivity (Wildman–Crippen MR) is 43.6 cm³/mol. The monoisotopic (exact) mass is 259 g/mol. The zero-order valence-electron chi connectivity index (χ0n) is 5.33. The molecule has 3 unspecified atom stereocenters. The summed E-state index contributed by atoms with van der Waals surface area (Å²) >= 11 is 5.47. The van der Waals surface area contributed by atoms with Gasteiger partial charge in [0.2, 0.25) is 0 Å². The average Bonchev–Trinajstić information content (AvgIpc) is 1.80. The molecule has 9 heavy (non-hydrogen) atoms. The van der Waals surface area contributed by atoms with E-state index in [9.17, 15) is 0 Å². The van der Waals surface area contributed by atoms with Crippen molar-refractivity contribution in [1.82, 2.24) is 0 Å². The van der Waals surface area contributed by atoms with Gasteiger partial charge in [-0.15, -0.1) is 0 Å². The molecule has 1 nitrogen and oxygen atoms in total. The Kier molecular flexibility index (Phi) is 3.07. The molecule has 0 heterocycles. The van der Waals surface area contributed by atoms with Gasteiger partial charge < -0.3 is 0 Å². The summed E-state index contributed by atoms with van der Waals surface area (Å²) in [5.41, 5.74) is 5.77. The van der Waals surface area contributed by atoms with Crippen molar-refractivity contribution in [2.45, 2.75) is 34.9 Å². The molecule has 1 rings (SSSR count). The molecule has 0 aliphatic heterocycles. The van der Waals surface area contributed by atoms with E-state index >= 15 is 0 Å². The van der Waals surface area contributed by atoms with Crippen LogP contribution in [0.5, 0.6) is 0 Å². The van der Waals surface area contributed by atoms with Crippen molar-refractivity contribution in [2.24, 2.45) is 5.73 Å². The summed E-state index contributed by atoms with van der Waals surface area (Å²) in [6.07, 6.45) is 3.70. The molecule has 1 aliphatic carbocycles. The van der Waals surface area contributed by atoms with E-state index < -0.39 is 0 Å². The Morgan fingerprint density at radius 3 is 2.22 bits per heavy atom. The quantitative estimate of drug-likeness (QED) is 0.601. The third kappa shape index (κ3) is 2.25. The Morgan fingerprint density at radius 2 is 1.78 bits per heavy atom. The third-order valence-corrected chi connectivity index (χ3v) is 5.42. The van der Waals surface area contributed by atoms with Crippen LogP contribution in [0.4, 0.5) is 0 Å². The fraction of sp³-hybridized carbons (Fsp3) is 1.00. The van der Waals surface area contributed by atoms with E-state index in [0.29, 0.717) is 6.04 Å². The molecule has 0 saturated heterocycles. The van der Waals surface area contributed by atoms with E-state index in [2.05, 4.69) is 32.0 Å². The second-order valence-electron chi connectivity index (χ2n) is 2.71. The Hall–Kier alpha value is 0.999. The molecule has 0 aromatic heterocycles. The van der Waals surface area contributed by atoms with Crippen LogP contribution in [0, 0.1) is 0 Å². The fourth-order valence-electron chi connectivity index (χ4n) is 1.16. The van der Waals surface area contributed by atoms with Gasteiger partial charge in [-0.1, -0.05) is 0 Å². The molecule has 0 radical (unpaired) electrons. The van der Waals surface area contributed by atoms with E-state index in [0.717, 1.165) is 9.63 Å². The molecular formula is C6H13NSe2. The summed E-state index contributed by atoms with van der Waals surface area (Å²) in [4.78, 5) is 1.58. The van der Waals surface area contributed by atoms with Crippen molar-refractivity contribution >= 4 is 32.0 Å². The number of hydrogen-bond acceptors (Lipinski definition) is 1. The van der Waals surface area contributed by atoms with Crippen LogP contribution < -0.4 is 5.73 Å². The van der Waals surface area contributed by atoms with Gasteiger partial charge in [-0.3, -0.25) is 0 Å². The van der Waals surface area contributed by atoms with E-state index in [1.807, 2.05) is 0 Å². The van der Waals surface area contributed by atoms with Crippen molar-refractivity contribution in [3.8, 4) is 0 Å². The molecule has 1 fully saturated rings. The molecule has 3 heteroatoms. The van der Waals surface area contributed by atoms with Crippen LogP contribution >= 0.6 is 0 Å². The molecule has 3 atom stereocenters. The average molecular weight is 257 g/mol. The minimum absolute atomic E-state index is 0.471. The van der Waals surface area contributed by atoms with Gasteiger partial charge in [-0.05, 0) is 0 Å². The molecular weight excluding hydrogens is 244 g/mol. The van der Waals surface area contributed by atoms with Crippen molar-refractivity contribution in [3.63, 3.8) is 0 Å². The summed E-state index contributed by atoms with van der Waals surface area (Å²) in [7, 11) is 0. The molecule has 1 saturated carbocycles. The topological polar surface area (TPSA) is 26.0 Å². The zero-order chi connectivity index (χ0) is 6.85. The number of rotatable bonds is 0. The van der Waals surface area contributed by atoms with E-state index in [-0.39, 0.29) is 0 Å². The molecule has 0 amide bonds. The van der Waals surface area contributed by atoms with Crippen molar-refractivity contribution in [1.29, 1.82) is 0 Å². The zero-order valence-corrected chi connectivity index (χ0v) is 9.08. The summed E-state index contributed by atoms with van der Waals surface area (Å²) in [6.45, 7) is 0. The number of nitrogens with two attached hydrogens (primary N) is 1. The maximum absolute atomic E-state index is 5.77. The van der Waals surface area contributed by atoms with Gasteiger partial charge in [0.1, 0.15) is 0 Å². The van der Waals surface area contributed by atoms with Crippen LogP contribution in [0.25, 0.3) is 0 Å². The molecule has 2 N–H and O–H groups in total. The first kappa shape index (κ1) is 8.10. The minimum atomic E-state index is 0.471. The Morgan fingerprint density at radius 1 is 1.11 bits per heavy atom. The van der Waals surface area contributed by atoms with Crippen LogP contribution in [0.3, 0.4) is 0 Å². The van der Waals surface area contributed by atoms with Gasteiger partial charge in [0.15, 0.2) is 0 Å². The molecule has 0 bridgehead atoms. The van der Waals surface area contributed by atoms with Crippen LogP contribution in [0.1, 0.15) is 19.3 Å². The van der Waals surface area contributed by atoms with E-state index in [4.69, 9.17) is 5.73 Å². The Bertz CT molecular complexity index is 97.1. The van der Waals surface area contributed by atoms with Gasteiger partial charge >= 0.3 is 72.7 Å². The molecule has 0 aromatic carbocycles. The molecule has 54 valence electrons. The van der Waals surface area contributed by atoms with Gasteiger partial charge in [0.25, 0.3) is 0 Å². The van der Waals surface area contributed by atoms with Crippen molar-refractivity contribution in [3.05, 3.63) is 0 Å². The van der Waals surface area contributed by atoms with Gasteiger partial charge in [-0.25, -0.2) is 0 Å². The van der Waals surface area contributed by atoms with Gasteiger partial charge in [0, 0.05) is 0 Å². The fourth-order valence-corrected chi connectivity index (χ4v) is 2.61. The predicted octanol–water partition coefficient (Wildman–Crippen LogP) is -0.124. The van der Waals surface area contributed by atoms with Crippen molar-refractivity contribution < 1.29 is 0 Å². The van der Waals surface area contributed by atoms with Crippen LogP contribution in [-0.2, 0) is 0 Å². The first-order chi connectivity index (χ1) is 4.20. The summed E-state index contributed by atoms with van der Waals surface area (Å²) in [5.74, 6) is 0. The SMILES string of the molecule is NC1CCC([SeH])C([SeH])C1. The van der Waals surface area contributed by atoms with Crippen LogP contribution in [-0.4, -0.2) is 38.1 Å². The van der Waals surface area contributed by atoms with E-state index in [1.165, 1.54) is 19.3 Å². The molecule has 0 aromatic rings. The first-order valence-electron chi connectivity index (χ1n) is 3.32. The molecule has 1 aliphatic rings. The maximum atomic E-state index is 5.77. The summed E-state index contributed by atoms with van der Waals surface area (Å²) in [5, 5.41) is 0. The van der Waals surface area contributed by atoms with Gasteiger partial charge in [-0.2, -0.15) is 0 Å². The second kappa shape index (κ2) is 3.41.